The van der Waals surface area contributed by atoms with E-state index >= 15 is 0 Å². The van der Waals surface area contributed by atoms with E-state index in [-0.39, 0.29) is 14.9 Å². The van der Waals surface area contributed by atoms with Gasteiger partial charge >= 0.3 is 0 Å². The van der Waals surface area contributed by atoms with E-state index in [2.05, 4.69) is 4.72 Å². The molecule has 1 aromatic carbocycles. The average molecular weight is 321 g/mol. The van der Waals surface area contributed by atoms with Crippen LogP contribution in [0.5, 0.6) is 0 Å². The van der Waals surface area contributed by atoms with Crippen molar-refractivity contribution in [2.45, 2.75) is 37.6 Å². The fraction of sp³-hybridized carbons (Fsp3) is 0.417. The molecule has 0 radical (unpaired) electrons. The Balaban J connectivity index is 3.20. The molecule has 0 atom stereocenters. The summed E-state index contributed by atoms with van der Waals surface area (Å²) in [7, 11) is -3.67. The highest BCUT2D eigenvalue weighted by Gasteiger charge is 2.26. The lowest BCUT2D eigenvalue weighted by Crippen LogP contribution is -2.42. The number of halogens is 1. The Labute approximate surface area is 124 Å². The summed E-state index contributed by atoms with van der Waals surface area (Å²) in [6, 6.07) is 4.41. The Morgan fingerprint density at radius 3 is 2.47 bits per heavy atom. The van der Waals surface area contributed by atoms with Gasteiger partial charge in [-0.3, -0.25) is 0 Å². The van der Waals surface area contributed by atoms with E-state index in [1.807, 2.05) is 20.8 Å². The van der Waals surface area contributed by atoms with Crippen molar-refractivity contribution in [3.8, 4) is 0 Å². The van der Waals surface area contributed by atoms with Crippen molar-refractivity contribution in [1.29, 1.82) is 0 Å². The van der Waals surface area contributed by atoms with Gasteiger partial charge in [0.25, 0.3) is 0 Å². The number of sulfonamides is 1. The van der Waals surface area contributed by atoms with Crippen LogP contribution < -0.4 is 10.5 Å². The molecule has 0 spiro atoms. The minimum atomic E-state index is -3.67. The molecule has 0 amide bonds. The lowest BCUT2D eigenvalue weighted by molar-refractivity contribution is 0.439. The third-order valence-corrected chi connectivity index (χ3v) is 5.22. The molecule has 0 bridgehead atoms. The zero-order valence-corrected chi connectivity index (χ0v) is 13.4. The van der Waals surface area contributed by atoms with E-state index in [0.29, 0.717) is 12.0 Å². The summed E-state index contributed by atoms with van der Waals surface area (Å²) >= 11 is 10.8. The molecule has 1 aromatic rings. The maximum atomic E-state index is 12.2. The number of hydrogen-bond donors (Lipinski definition) is 2. The number of rotatable bonds is 5. The maximum absolute atomic E-state index is 12.2. The van der Waals surface area contributed by atoms with Crippen LogP contribution in [0.3, 0.4) is 0 Å². The minimum absolute atomic E-state index is 0.0238. The van der Waals surface area contributed by atoms with Crippen LogP contribution in [0.15, 0.2) is 23.1 Å². The molecular formula is C12H17ClN2O2S2. The average Bonchev–Trinajstić information content (AvgIpc) is 2.27. The highest BCUT2D eigenvalue weighted by Crippen LogP contribution is 2.24. The van der Waals surface area contributed by atoms with Crippen LogP contribution in [-0.4, -0.2) is 18.9 Å². The second-order valence-electron chi connectivity index (χ2n) is 4.85. The van der Waals surface area contributed by atoms with Gasteiger partial charge in [-0.2, -0.15) is 0 Å². The van der Waals surface area contributed by atoms with Crippen LogP contribution in [0.25, 0.3) is 0 Å². The molecule has 19 heavy (non-hydrogen) atoms. The fourth-order valence-corrected chi connectivity index (χ4v) is 3.52. The van der Waals surface area contributed by atoms with Gasteiger partial charge in [0.2, 0.25) is 10.0 Å². The van der Waals surface area contributed by atoms with Crippen molar-refractivity contribution in [1.82, 2.24) is 4.72 Å². The normalized spacial score (nSPS) is 12.4. The SMILES string of the molecule is CCC(C)(C)NS(=O)(=O)c1ccc(C(N)=S)cc1Cl. The van der Waals surface area contributed by atoms with Gasteiger partial charge in [0.1, 0.15) is 9.88 Å². The summed E-state index contributed by atoms with van der Waals surface area (Å²) in [4.78, 5) is 0.198. The molecule has 3 N–H and O–H groups in total. The van der Waals surface area contributed by atoms with Crippen LogP contribution in [0.2, 0.25) is 5.02 Å². The van der Waals surface area contributed by atoms with E-state index in [0.717, 1.165) is 0 Å². The lowest BCUT2D eigenvalue weighted by atomic mass is 10.0. The van der Waals surface area contributed by atoms with Crippen LogP contribution in [0.4, 0.5) is 0 Å². The van der Waals surface area contributed by atoms with Crippen molar-refractivity contribution in [2.75, 3.05) is 0 Å². The molecule has 0 fully saturated rings. The summed E-state index contributed by atoms with van der Waals surface area (Å²) in [5.41, 5.74) is 5.47. The van der Waals surface area contributed by atoms with Crippen molar-refractivity contribution >= 4 is 38.8 Å². The number of thiocarbonyl (C=S) groups is 1. The molecule has 0 heterocycles. The van der Waals surface area contributed by atoms with Gasteiger partial charge in [0.05, 0.1) is 5.02 Å². The summed E-state index contributed by atoms with van der Waals surface area (Å²) < 4.78 is 27.1. The van der Waals surface area contributed by atoms with Gasteiger partial charge in [-0.15, -0.1) is 0 Å². The van der Waals surface area contributed by atoms with Crippen LogP contribution >= 0.6 is 23.8 Å². The van der Waals surface area contributed by atoms with Crippen molar-refractivity contribution in [3.05, 3.63) is 28.8 Å². The van der Waals surface area contributed by atoms with E-state index in [1.54, 1.807) is 6.07 Å². The molecule has 0 aromatic heterocycles. The number of hydrogen-bond acceptors (Lipinski definition) is 3. The molecule has 0 saturated carbocycles. The lowest BCUT2D eigenvalue weighted by Gasteiger charge is -2.24. The van der Waals surface area contributed by atoms with E-state index in [1.165, 1.54) is 12.1 Å². The molecule has 0 aliphatic rings. The zero-order valence-electron chi connectivity index (χ0n) is 11.0. The van der Waals surface area contributed by atoms with Gasteiger partial charge in [0.15, 0.2) is 0 Å². The number of nitrogens with two attached hydrogens (primary N) is 1. The van der Waals surface area contributed by atoms with Crippen LogP contribution in [-0.2, 0) is 10.0 Å². The highest BCUT2D eigenvalue weighted by molar-refractivity contribution is 7.89. The van der Waals surface area contributed by atoms with Gasteiger partial charge in [-0.05, 0) is 32.4 Å². The van der Waals surface area contributed by atoms with Crippen LogP contribution in [0, 0.1) is 0 Å². The van der Waals surface area contributed by atoms with Gasteiger partial charge in [-0.1, -0.05) is 36.8 Å². The first-order valence-electron chi connectivity index (χ1n) is 5.72. The Kier molecular flexibility index (Phi) is 4.95. The summed E-state index contributed by atoms with van der Waals surface area (Å²) in [5.74, 6) is 0. The minimum Gasteiger partial charge on any atom is -0.389 e. The molecule has 0 unspecified atom stereocenters. The third kappa shape index (κ3) is 4.14. The monoisotopic (exact) mass is 320 g/mol. The first-order chi connectivity index (χ1) is 8.59. The van der Waals surface area contributed by atoms with Crippen LogP contribution in [0.1, 0.15) is 32.8 Å². The molecule has 106 valence electrons. The van der Waals surface area contributed by atoms with Gasteiger partial charge in [0, 0.05) is 11.1 Å². The van der Waals surface area contributed by atoms with E-state index in [4.69, 9.17) is 29.6 Å². The molecule has 4 nitrogen and oxygen atoms in total. The Morgan fingerprint density at radius 1 is 1.47 bits per heavy atom. The topological polar surface area (TPSA) is 72.2 Å². The predicted molar refractivity (Wildman–Crippen MR) is 82.0 cm³/mol. The summed E-state index contributed by atoms with van der Waals surface area (Å²) in [6.07, 6.45) is 0.662. The smallest absolute Gasteiger partial charge is 0.242 e. The molecule has 0 aliphatic heterocycles. The quantitative estimate of drug-likeness (QED) is 0.817. The predicted octanol–water partition coefficient (Wildman–Crippen LogP) is 2.44. The standard InChI is InChI=1S/C12H17ClN2O2S2/c1-4-12(2,3)15-19(16,17)10-6-5-8(11(14)18)7-9(10)13/h5-7,15H,4H2,1-3H3,(H2,14,18). The summed E-state index contributed by atoms with van der Waals surface area (Å²) in [5, 5.41) is 0.102. The van der Waals surface area contributed by atoms with E-state index < -0.39 is 15.6 Å². The number of benzene rings is 1. The van der Waals surface area contributed by atoms with Crippen molar-refractivity contribution in [2.24, 2.45) is 5.73 Å². The van der Waals surface area contributed by atoms with E-state index in [9.17, 15) is 8.42 Å². The largest absolute Gasteiger partial charge is 0.389 e. The number of nitrogens with one attached hydrogen (secondary N) is 1. The zero-order chi connectivity index (χ0) is 14.8. The maximum Gasteiger partial charge on any atom is 0.242 e. The Bertz CT molecular complexity index is 598. The molecule has 0 saturated heterocycles. The first kappa shape index (κ1) is 16.4. The first-order valence-corrected chi connectivity index (χ1v) is 7.99. The molecule has 1 rings (SSSR count). The summed E-state index contributed by atoms with van der Waals surface area (Å²) in [6.45, 7) is 5.52. The molecular weight excluding hydrogens is 304 g/mol. The molecule has 0 aliphatic carbocycles. The van der Waals surface area contributed by atoms with Gasteiger partial charge in [-0.25, -0.2) is 13.1 Å². The third-order valence-electron chi connectivity index (χ3n) is 2.80. The van der Waals surface area contributed by atoms with Gasteiger partial charge < -0.3 is 5.73 Å². The Hall–Kier alpha value is -0.690. The van der Waals surface area contributed by atoms with Crippen molar-refractivity contribution < 1.29 is 8.42 Å². The second kappa shape index (κ2) is 5.75. The van der Waals surface area contributed by atoms with Crippen molar-refractivity contribution in [3.63, 3.8) is 0 Å². The molecule has 7 heteroatoms. The Morgan fingerprint density at radius 2 is 2.05 bits per heavy atom. The fourth-order valence-electron chi connectivity index (χ4n) is 1.36. The second-order valence-corrected chi connectivity index (χ2v) is 7.35. The highest BCUT2D eigenvalue weighted by atomic mass is 35.5.